The molecule has 8 nitrogen and oxygen atoms in total. The molecule has 98 valence electrons. The summed E-state index contributed by atoms with van der Waals surface area (Å²) in [6, 6.07) is 9.04. The van der Waals surface area contributed by atoms with E-state index in [1.54, 1.807) is 19.2 Å². The number of nitro groups is 1. The van der Waals surface area contributed by atoms with Gasteiger partial charge in [0.15, 0.2) is 0 Å². The molecule has 0 spiro atoms. The first kappa shape index (κ1) is 12.6. The molecule has 8 heteroatoms. The summed E-state index contributed by atoms with van der Waals surface area (Å²) in [5.74, 6) is -0.308. The smallest absolute Gasteiger partial charge is 0.353 e. The van der Waals surface area contributed by atoms with Crippen molar-refractivity contribution in [2.75, 3.05) is 23.4 Å². The quantitative estimate of drug-likeness (QED) is 0.629. The van der Waals surface area contributed by atoms with E-state index in [1.165, 1.54) is 4.90 Å². The zero-order valence-electron chi connectivity index (χ0n) is 10.1. The van der Waals surface area contributed by atoms with Gasteiger partial charge in [-0.2, -0.15) is 9.97 Å². The molecule has 0 bridgehead atoms. The van der Waals surface area contributed by atoms with Crippen LogP contribution in [0.25, 0.3) is 0 Å². The van der Waals surface area contributed by atoms with Gasteiger partial charge in [-0.3, -0.25) is 10.1 Å². The molecule has 1 heterocycles. The Morgan fingerprint density at radius 1 is 1.21 bits per heavy atom. The molecule has 0 aliphatic carbocycles. The lowest BCUT2D eigenvalue weighted by molar-refractivity contribution is -0.383. The van der Waals surface area contributed by atoms with E-state index in [2.05, 4.69) is 9.97 Å². The number of nitrogen functional groups attached to an aromatic ring is 2. The van der Waals surface area contributed by atoms with E-state index in [0.29, 0.717) is 0 Å². The summed E-state index contributed by atoms with van der Waals surface area (Å²) in [7, 11) is 1.64. The summed E-state index contributed by atoms with van der Waals surface area (Å²) in [5, 5.41) is 11.1. The summed E-state index contributed by atoms with van der Waals surface area (Å²) in [6.07, 6.45) is 0. The lowest BCUT2D eigenvalue weighted by Gasteiger charge is -2.18. The Kier molecular flexibility index (Phi) is 3.15. The van der Waals surface area contributed by atoms with E-state index in [9.17, 15) is 10.1 Å². The molecule has 0 radical (unpaired) electrons. The fraction of sp³-hybridized carbons (Fsp3) is 0.0909. The van der Waals surface area contributed by atoms with Crippen LogP contribution in [0, 0.1) is 10.1 Å². The fourth-order valence-electron chi connectivity index (χ4n) is 1.66. The molecule has 0 saturated carbocycles. The lowest BCUT2D eigenvalue weighted by atomic mass is 10.3. The van der Waals surface area contributed by atoms with Crippen molar-refractivity contribution in [3.63, 3.8) is 0 Å². The molecule has 4 N–H and O–H groups in total. The predicted octanol–water partition coefficient (Wildman–Crippen LogP) is 1.32. The molecular formula is C11H12N6O2. The average Bonchev–Trinajstić information content (AvgIpc) is 2.37. The summed E-state index contributed by atoms with van der Waals surface area (Å²) >= 11 is 0. The first-order chi connectivity index (χ1) is 9.00. The van der Waals surface area contributed by atoms with Gasteiger partial charge >= 0.3 is 5.69 Å². The van der Waals surface area contributed by atoms with Crippen LogP contribution in [-0.2, 0) is 0 Å². The topological polar surface area (TPSA) is 124 Å². The molecule has 0 amide bonds. The molecule has 19 heavy (non-hydrogen) atoms. The van der Waals surface area contributed by atoms with Crippen molar-refractivity contribution in [1.29, 1.82) is 0 Å². The van der Waals surface area contributed by atoms with E-state index in [4.69, 9.17) is 11.5 Å². The molecule has 0 aliphatic rings. The van der Waals surface area contributed by atoms with E-state index in [-0.39, 0.29) is 23.3 Å². The Balaban J connectivity index is 2.58. The zero-order valence-corrected chi connectivity index (χ0v) is 10.1. The molecule has 0 unspecified atom stereocenters. The highest BCUT2D eigenvalue weighted by atomic mass is 16.6. The third-order valence-corrected chi connectivity index (χ3v) is 2.55. The lowest BCUT2D eigenvalue weighted by Crippen LogP contribution is -2.16. The van der Waals surface area contributed by atoms with Crippen LogP contribution >= 0.6 is 0 Å². The molecule has 1 aromatic carbocycles. The minimum atomic E-state index is -0.621. The van der Waals surface area contributed by atoms with Crippen molar-refractivity contribution >= 4 is 29.0 Å². The highest BCUT2D eigenvalue weighted by Gasteiger charge is 2.25. The van der Waals surface area contributed by atoms with Gasteiger partial charge in [0.05, 0.1) is 4.92 Å². The molecule has 1 aromatic heterocycles. The van der Waals surface area contributed by atoms with Gasteiger partial charge in [-0.1, -0.05) is 18.2 Å². The van der Waals surface area contributed by atoms with Crippen LogP contribution in [-0.4, -0.2) is 21.9 Å². The second-order valence-electron chi connectivity index (χ2n) is 3.79. The number of para-hydroxylation sites is 1. The largest absolute Gasteiger partial charge is 0.378 e. The maximum Gasteiger partial charge on any atom is 0.353 e. The fourth-order valence-corrected chi connectivity index (χ4v) is 1.66. The van der Waals surface area contributed by atoms with Gasteiger partial charge in [0.25, 0.3) is 0 Å². The van der Waals surface area contributed by atoms with E-state index in [1.807, 2.05) is 18.2 Å². The van der Waals surface area contributed by atoms with Gasteiger partial charge < -0.3 is 16.4 Å². The van der Waals surface area contributed by atoms with Crippen molar-refractivity contribution < 1.29 is 4.92 Å². The average molecular weight is 260 g/mol. The monoisotopic (exact) mass is 260 g/mol. The van der Waals surface area contributed by atoms with Crippen LogP contribution in [0.5, 0.6) is 0 Å². The minimum absolute atomic E-state index is 0.0567. The summed E-state index contributed by atoms with van der Waals surface area (Å²) in [5.41, 5.74) is 11.4. The number of benzene rings is 1. The molecule has 0 saturated heterocycles. The number of nitrogens with zero attached hydrogens (tertiary/aromatic N) is 4. The number of aromatic nitrogens is 2. The second kappa shape index (κ2) is 4.77. The van der Waals surface area contributed by atoms with Crippen LogP contribution in [0.15, 0.2) is 30.3 Å². The molecule has 0 atom stereocenters. The van der Waals surface area contributed by atoms with Crippen LogP contribution in [0.2, 0.25) is 0 Å². The summed E-state index contributed by atoms with van der Waals surface area (Å²) < 4.78 is 0. The second-order valence-corrected chi connectivity index (χ2v) is 3.79. The standard InChI is InChI=1S/C11H12N6O2/c1-16(7-5-3-2-4-6-7)10-8(17(18)19)9(12)14-11(13)15-10/h2-6H,1H3,(H4,12,13,14,15). The van der Waals surface area contributed by atoms with Crippen molar-refractivity contribution in [1.82, 2.24) is 9.97 Å². The third kappa shape index (κ3) is 2.37. The van der Waals surface area contributed by atoms with E-state index >= 15 is 0 Å². The Morgan fingerprint density at radius 2 is 1.84 bits per heavy atom. The van der Waals surface area contributed by atoms with E-state index < -0.39 is 4.92 Å². The van der Waals surface area contributed by atoms with Crippen LogP contribution in [0.3, 0.4) is 0 Å². The Labute approximate surface area is 108 Å². The van der Waals surface area contributed by atoms with Gasteiger partial charge in [-0.15, -0.1) is 0 Å². The molecule has 0 fully saturated rings. The number of hydrogen-bond donors (Lipinski definition) is 2. The van der Waals surface area contributed by atoms with Gasteiger partial charge in [-0.05, 0) is 12.1 Å². The first-order valence-corrected chi connectivity index (χ1v) is 5.37. The summed E-state index contributed by atoms with van der Waals surface area (Å²) in [6.45, 7) is 0. The van der Waals surface area contributed by atoms with Gasteiger partial charge in [-0.25, -0.2) is 0 Å². The van der Waals surface area contributed by atoms with Crippen molar-refractivity contribution in [2.45, 2.75) is 0 Å². The molecule has 2 aromatic rings. The highest BCUT2D eigenvalue weighted by molar-refractivity contribution is 5.75. The Hall–Kier alpha value is -2.90. The summed E-state index contributed by atoms with van der Waals surface area (Å²) in [4.78, 5) is 19.5. The van der Waals surface area contributed by atoms with Crippen LogP contribution in [0.1, 0.15) is 0 Å². The predicted molar refractivity (Wildman–Crippen MR) is 72.0 cm³/mol. The van der Waals surface area contributed by atoms with Gasteiger partial charge in [0.2, 0.25) is 17.6 Å². The molecule has 0 aliphatic heterocycles. The first-order valence-electron chi connectivity index (χ1n) is 5.37. The molecular weight excluding hydrogens is 248 g/mol. The Morgan fingerprint density at radius 3 is 2.42 bits per heavy atom. The Bertz CT molecular complexity index is 616. The number of nitrogens with two attached hydrogens (primary N) is 2. The van der Waals surface area contributed by atoms with Crippen molar-refractivity contribution in [3.8, 4) is 0 Å². The zero-order chi connectivity index (χ0) is 14.0. The van der Waals surface area contributed by atoms with Crippen LogP contribution in [0.4, 0.5) is 29.0 Å². The number of hydrogen-bond acceptors (Lipinski definition) is 7. The molecule has 2 rings (SSSR count). The van der Waals surface area contributed by atoms with Crippen molar-refractivity contribution in [3.05, 3.63) is 40.4 Å². The highest BCUT2D eigenvalue weighted by Crippen LogP contribution is 2.34. The third-order valence-electron chi connectivity index (χ3n) is 2.55. The van der Waals surface area contributed by atoms with Gasteiger partial charge in [0, 0.05) is 12.7 Å². The number of rotatable bonds is 3. The minimum Gasteiger partial charge on any atom is -0.378 e. The van der Waals surface area contributed by atoms with Gasteiger partial charge in [0.1, 0.15) is 0 Å². The normalized spacial score (nSPS) is 10.2. The number of anilines is 4. The van der Waals surface area contributed by atoms with E-state index in [0.717, 1.165) is 5.69 Å². The SMILES string of the molecule is CN(c1ccccc1)c1nc(N)nc(N)c1[N+](=O)[O-]. The van der Waals surface area contributed by atoms with Crippen molar-refractivity contribution in [2.24, 2.45) is 0 Å². The maximum absolute atomic E-state index is 11.1. The maximum atomic E-state index is 11.1. The van der Waals surface area contributed by atoms with Crippen LogP contribution < -0.4 is 16.4 Å².